The van der Waals surface area contributed by atoms with Crippen molar-refractivity contribution < 1.29 is 32.3 Å². The highest BCUT2D eigenvalue weighted by Crippen LogP contribution is 2.36. The number of hydrogen-bond acceptors (Lipinski definition) is 6. The molecule has 0 spiro atoms. The molecule has 9 nitrogen and oxygen atoms in total. The van der Waals surface area contributed by atoms with E-state index in [9.17, 15) is 27.6 Å². The van der Waals surface area contributed by atoms with E-state index < -0.39 is 18.0 Å². The minimum Gasteiger partial charge on any atom is -0.492 e. The van der Waals surface area contributed by atoms with E-state index in [-0.39, 0.29) is 43.5 Å². The van der Waals surface area contributed by atoms with Crippen LogP contribution in [0.1, 0.15) is 5.69 Å². The lowest BCUT2D eigenvalue weighted by atomic mass is 10.1. The highest BCUT2D eigenvalue weighted by molar-refractivity contribution is 6.12. The number of nitrogens with zero attached hydrogens (tertiary/aromatic N) is 3. The molecule has 0 radical (unpaired) electrons. The van der Waals surface area contributed by atoms with Gasteiger partial charge in [-0.25, -0.2) is 0 Å². The first-order valence-electron chi connectivity index (χ1n) is 11.6. The molecule has 1 aliphatic rings. The molecule has 0 saturated carbocycles. The number of benzene rings is 2. The van der Waals surface area contributed by atoms with Gasteiger partial charge in [0.05, 0.1) is 30.2 Å². The summed E-state index contributed by atoms with van der Waals surface area (Å²) in [4.78, 5) is 44.3. The number of pyridine rings is 1. The number of amides is 3. The van der Waals surface area contributed by atoms with E-state index >= 15 is 0 Å². The maximum atomic E-state index is 13.1. The summed E-state index contributed by atoms with van der Waals surface area (Å²) in [5.74, 6) is -2.40. The van der Waals surface area contributed by atoms with Crippen molar-refractivity contribution in [2.24, 2.45) is 0 Å². The van der Waals surface area contributed by atoms with Crippen molar-refractivity contribution in [2.75, 3.05) is 41.4 Å². The fourth-order valence-corrected chi connectivity index (χ4v) is 3.82. The number of nitrogens with one attached hydrogen (secondary N) is 2. The molecule has 2 N–H and O–H groups in total. The molecule has 2 aromatic carbocycles. The Morgan fingerprint density at radius 3 is 2.47 bits per heavy atom. The highest BCUT2D eigenvalue weighted by atomic mass is 19.4. The van der Waals surface area contributed by atoms with Gasteiger partial charge >= 0.3 is 12.1 Å². The van der Waals surface area contributed by atoms with Crippen molar-refractivity contribution in [2.45, 2.75) is 12.7 Å². The number of carbonyl (C=O) groups excluding carboxylic acids is 3. The Kier molecular flexibility index (Phi) is 8.22. The van der Waals surface area contributed by atoms with Crippen LogP contribution in [-0.4, -0.2) is 55.1 Å². The molecule has 198 valence electrons. The van der Waals surface area contributed by atoms with Crippen LogP contribution in [0.2, 0.25) is 0 Å². The molecule has 4 rings (SSSR count). The Balaban J connectivity index is 1.53. The largest absolute Gasteiger partial charge is 0.492 e. The molecule has 0 aliphatic carbocycles. The zero-order valence-electron chi connectivity index (χ0n) is 20.1. The maximum Gasteiger partial charge on any atom is 0.471 e. The van der Waals surface area contributed by atoms with Gasteiger partial charge < -0.3 is 20.3 Å². The smallest absolute Gasteiger partial charge is 0.471 e. The van der Waals surface area contributed by atoms with Crippen LogP contribution in [0.15, 0.2) is 72.9 Å². The molecule has 3 aromatic rings. The Hall–Kier alpha value is -4.45. The number of para-hydroxylation sites is 1. The number of anilines is 3. The number of halogens is 3. The zero-order valence-corrected chi connectivity index (χ0v) is 20.1. The number of hydrogen-bond donors (Lipinski definition) is 2. The number of carbonyl (C=O) groups is 3. The van der Waals surface area contributed by atoms with Crippen molar-refractivity contribution in [3.63, 3.8) is 0 Å². The number of alkyl halides is 3. The van der Waals surface area contributed by atoms with Gasteiger partial charge in [-0.1, -0.05) is 24.3 Å². The van der Waals surface area contributed by atoms with Gasteiger partial charge in [0.1, 0.15) is 18.9 Å². The summed E-state index contributed by atoms with van der Waals surface area (Å²) in [5.41, 5.74) is 1.03. The lowest BCUT2D eigenvalue weighted by Gasteiger charge is -2.36. The Morgan fingerprint density at radius 2 is 1.76 bits per heavy atom. The van der Waals surface area contributed by atoms with Crippen molar-refractivity contribution in [3.05, 3.63) is 78.6 Å². The second-order valence-electron chi connectivity index (χ2n) is 8.27. The van der Waals surface area contributed by atoms with Gasteiger partial charge in [-0.2, -0.15) is 13.2 Å². The predicted molar refractivity (Wildman–Crippen MR) is 134 cm³/mol. The molecule has 0 bridgehead atoms. The van der Waals surface area contributed by atoms with Gasteiger partial charge in [-0.3, -0.25) is 24.3 Å². The fourth-order valence-electron chi connectivity index (χ4n) is 3.82. The predicted octanol–water partition coefficient (Wildman–Crippen LogP) is 3.13. The summed E-state index contributed by atoms with van der Waals surface area (Å²) in [6, 6.07) is 18.2. The second kappa shape index (κ2) is 11.7. The van der Waals surface area contributed by atoms with E-state index in [2.05, 4.69) is 10.3 Å². The van der Waals surface area contributed by atoms with Crippen LogP contribution >= 0.6 is 0 Å². The van der Waals surface area contributed by atoms with Crippen LogP contribution < -0.4 is 25.2 Å². The maximum absolute atomic E-state index is 13.1. The molecule has 38 heavy (non-hydrogen) atoms. The molecule has 0 atom stereocenters. The molecule has 1 aliphatic heterocycles. The lowest BCUT2D eigenvalue weighted by molar-refractivity contribution is -0.167. The number of rotatable bonds is 9. The summed E-state index contributed by atoms with van der Waals surface area (Å²) in [5, 5.41) is 4.75. The van der Waals surface area contributed by atoms with Gasteiger partial charge in [-0.15, -0.1) is 0 Å². The van der Waals surface area contributed by atoms with Crippen molar-refractivity contribution in [1.82, 2.24) is 10.3 Å². The van der Waals surface area contributed by atoms with Crippen LogP contribution in [0.25, 0.3) is 0 Å². The third-order valence-electron chi connectivity index (χ3n) is 5.60. The van der Waals surface area contributed by atoms with Crippen molar-refractivity contribution in [3.8, 4) is 5.75 Å². The summed E-state index contributed by atoms with van der Waals surface area (Å²) in [7, 11) is 0. The van der Waals surface area contributed by atoms with E-state index in [4.69, 9.17) is 4.74 Å². The highest BCUT2D eigenvalue weighted by Gasteiger charge is 2.39. The van der Waals surface area contributed by atoms with E-state index in [1.807, 2.05) is 6.07 Å². The van der Waals surface area contributed by atoms with E-state index in [0.717, 1.165) is 0 Å². The molecular weight excluding hydrogens is 503 g/mol. The topological polar surface area (TPSA) is 104 Å². The molecule has 3 amide bonds. The number of fused-ring (bicyclic) bond motifs is 1. The fraction of sp³-hybridized carbons (Fsp3) is 0.231. The zero-order chi connectivity index (χ0) is 27.1. The Labute approximate surface area is 216 Å². The monoisotopic (exact) mass is 527 g/mol. The van der Waals surface area contributed by atoms with Gasteiger partial charge in [0, 0.05) is 18.4 Å². The van der Waals surface area contributed by atoms with Crippen LogP contribution in [0.3, 0.4) is 0 Å². The van der Waals surface area contributed by atoms with E-state index in [1.54, 1.807) is 54.0 Å². The van der Waals surface area contributed by atoms with E-state index in [0.29, 0.717) is 23.7 Å². The molecule has 2 heterocycles. The molecule has 1 aromatic heterocycles. The first kappa shape index (κ1) is 26.6. The molecule has 12 heteroatoms. The van der Waals surface area contributed by atoms with Crippen molar-refractivity contribution in [1.29, 1.82) is 0 Å². The third kappa shape index (κ3) is 6.65. The lowest BCUT2D eigenvalue weighted by Crippen LogP contribution is -2.51. The second-order valence-corrected chi connectivity index (χ2v) is 8.27. The molecular formula is C26H24F3N5O4. The van der Waals surface area contributed by atoms with Crippen LogP contribution in [0.5, 0.6) is 5.75 Å². The number of ether oxygens (including phenoxy) is 1. The van der Waals surface area contributed by atoms with Gasteiger partial charge in [0.25, 0.3) is 0 Å². The first-order valence-corrected chi connectivity index (χ1v) is 11.6. The van der Waals surface area contributed by atoms with Crippen molar-refractivity contribution >= 4 is 34.8 Å². The van der Waals surface area contributed by atoms with E-state index in [1.165, 1.54) is 28.0 Å². The summed E-state index contributed by atoms with van der Waals surface area (Å²) in [6.45, 7) is 0.0841. The normalized spacial score (nSPS) is 13.2. The van der Waals surface area contributed by atoms with Crippen LogP contribution in [0.4, 0.5) is 30.2 Å². The van der Waals surface area contributed by atoms with Gasteiger partial charge in [0.15, 0.2) is 0 Å². The molecule has 0 saturated heterocycles. The third-order valence-corrected chi connectivity index (χ3v) is 5.60. The van der Waals surface area contributed by atoms with Gasteiger partial charge in [0.2, 0.25) is 11.8 Å². The summed E-state index contributed by atoms with van der Waals surface area (Å²) < 4.78 is 44.1. The Bertz CT molecular complexity index is 1290. The average molecular weight is 528 g/mol. The standard InChI is InChI=1S/C26H24F3N5O4/c27-26(28,29)25(37)32-18-9-10-21-22(14-18)34(23(35)16-30-15-19-6-4-5-11-31-19)17-24(36)33(21)12-13-38-20-7-2-1-3-8-20/h1-11,14,30H,12-13,15-17H2,(H,32,37). The minimum absolute atomic E-state index is 0.134. The molecule has 0 fully saturated rings. The van der Waals surface area contributed by atoms with Crippen LogP contribution in [-0.2, 0) is 20.9 Å². The average Bonchev–Trinajstić information content (AvgIpc) is 2.90. The minimum atomic E-state index is -5.09. The van der Waals surface area contributed by atoms with Gasteiger partial charge in [-0.05, 0) is 42.5 Å². The Morgan fingerprint density at radius 1 is 1.00 bits per heavy atom. The molecule has 0 unspecified atom stereocenters. The SMILES string of the molecule is O=C1CN(C(=O)CNCc2ccccn2)c2cc(NC(=O)C(F)(F)F)ccc2N1CCOc1ccccc1. The quantitative estimate of drug-likeness (QED) is 0.443. The summed E-state index contributed by atoms with van der Waals surface area (Å²) in [6.07, 6.45) is -3.47. The number of aromatic nitrogens is 1. The summed E-state index contributed by atoms with van der Waals surface area (Å²) >= 11 is 0. The first-order chi connectivity index (χ1) is 18.2. The van der Waals surface area contributed by atoms with Crippen LogP contribution in [0, 0.1) is 0 Å².